The summed E-state index contributed by atoms with van der Waals surface area (Å²) in [4.78, 5) is 1.42. The monoisotopic (exact) mass is 362 g/mol. The molecule has 21 heavy (non-hydrogen) atoms. The van der Waals surface area contributed by atoms with Crippen molar-refractivity contribution in [1.82, 2.24) is 0 Å². The molecule has 0 spiro atoms. The van der Waals surface area contributed by atoms with Crippen molar-refractivity contribution in [2.75, 3.05) is 12.4 Å². The average molecular weight is 363 g/mol. The van der Waals surface area contributed by atoms with Gasteiger partial charge in [0.2, 0.25) is 0 Å². The molecule has 0 saturated heterocycles. The van der Waals surface area contributed by atoms with Crippen LogP contribution in [-0.2, 0) is 6.42 Å². The molecule has 2 atom stereocenters. The van der Waals surface area contributed by atoms with Gasteiger partial charge in [-0.15, -0.1) is 11.8 Å². The quantitative estimate of drug-likeness (QED) is 0.817. The molecular formula is C18H19BrOS. The first-order valence-corrected chi connectivity index (χ1v) is 9.11. The number of aliphatic hydroxyl groups is 1. The summed E-state index contributed by atoms with van der Waals surface area (Å²) in [5.74, 6) is 2.06. The summed E-state index contributed by atoms with van der Waals surface area (Å²) in [6, 6.07) is 17.1. The zero-order chi connectivity index (χ0) is 14.7. The minimum atomic E-state index is 0.260. The molecule has 0 aliphatic carbocycles. The molecule has 1 heterocycles. The van der Waals surface area contributed by atoms with Gasteiger partial charge in [-0.25, -0.2) is 0 Å². The van der Waals surface area contributed by atoms with E-state index >= 15 is 0 Å². The normalized spacial score (nSPS) is 18.5. The van der Waals surface area contributed by atoms with Crippen LogP contribution in [-0.4, -0.2) is 17.5 Å². The molecule has 0 radical (unpaired) electrons. The molecular weight excluding hydrogens is 344 g/mol. The van der Waals surface area contributed by atoms with E-state index in [1.165, 1.54) is 16.0 Å². The summed E-state index contributed by atoms with van der Waals surface area (Å²) in [6.45, 7) is 0.260. The zero-order valence-corrected chi connectivity index (χ0v) is 14.2. The largest absolute Gasteiger partial charge is 0.396 e. The highest BCUT2D eigenvalue weighted by molar-refractivity contribution is 9.10. The number of fused-ring (bicyclic) bond motifs is 1. The number of benzene rings is 2. The SMILES string of the molecule is OCC(Cc1cccc(Br)c1)CC1CSc2ccccc21. The van der Waals surface area contributed by atoms with Gasteiger partial charge in [0.1, 0.15) is 0 Å². The Bertz CT molecular complexity index is 614. The molecule has 0 amide bonds. The van der Waals surface area contributed by atoms with Crippen LogP contribution in [0.4, 0.5) is 0 Å². The molecule has 0 saturated carbocycles. The Morgan fingerprint density at radius 1 is 1.19 bits per heavy atom. The van der Waals surface area contributed by atoms with Crippen molar-refractivity contribution < 1.29 is 5.11 Å². The van der Waals surface area contributed by atoms with E-state index in [-0.39, 0.29) is 6.61 Å². The molecule has 0 bridgehead atoms. The third-order valence-electron chi connectivity index (χ3n) is 4.09. The minimum Gasteiger partial charge on any atom is -0.396 e. The zero-order valence-electron chi connectivity index (χ0n) is 11.8. The summed E-state index contributed by atoms with van der Waals surface area (Å²) >= 11 is 5.47. The molecule has 1 N–H and O–H groups in total. The van der Waals surface area contributed by atoms with Gasteiger partial charge in [-0.3, -0.25) is 0 Å². The summed E-state index contributed by atoms with van der Waals surface area (Å²) in [6.07, 6.45) is 2.01. The van der Waals surface area contributed by atoms with E-state index in [2.05, 4.69) is 58.4 Å². The molecule has 1 aliphatic rings. The van der Waals surface area contributed by atoms with Crippen LogP contribution in [0.2, 0.25) is 0 Å². The average Bonchev–Trinajstić information content (AvgIpc) is 2.90. The standard InChI is InChI=1S/C18H19BrOS/c19-16-5-3-4-13(10-16)8-14(11-20)9-15-12-21-18-7-2-1-6-17(15)18/h1-7,10,14-15,20H,8-9,11-12H2. The summed E-state index contributed by atoms with van der Waals surface area (Å²) in [7, 11) is 0. The molecule has 110 valence electrons. The van der Waals surface area contributed by atoms with Crippen molar-refractivity contribution in [2.24, 2.45) is 5.92 Å². The molecule has 2 aromatic carbocycles. The van der Waals surface area contributed by atoms with Gasteiger partial charge in [0.05, 0.1) is 0 Å². The van der Waals surface area contributed by atoms with Gasteiger partial charge < -0.3 is 5.11 Å². The number of hydrogen-bond acceptors (Lipinski definition) is 2. The second kappa shape index (κ2) is 6.99. The van der Waals surface area contributed by atoms with Crippen LogP contribution in [0.5, 0.6) is 0 Å². The highest BCUT2D eigenvalue weighted by Crippen LogP contribution is 2.42. The fourth-order valence-corrected chi connectivity index (χ4v) is 4.77. The number of halogens is 1. The van der Waals surface area contributed by atoms with Crippen LogP contribution in [0.1, 0.15) is 23.5 Å². The fourth-order valence-electron chi connectivity index (χ4n) is 3.05. The van der Waals surface area contributed by atoms with Gasteiger partial charge in [0.15, 0.2) is 0 Å². The van der Waals surface area contributed by atoms with Gasteiger partial charge in [-0.1, -0.05) is 46.3 Å². The number of rotatable bonds is 5. The van der Waals surface area contributed by atoms with Gasteiger partial charge >= 0.3 is 0 Å². The Morgan fingerprint density at radius 2 is 2.05 bits per heavy atom. The van der Waals surface area contributed by atoms with Crippen LogP contribution >= 0.6 is 27.7 Å². The van der Waals surface area contributed by atoms with Gasteiger partial charge in [0.25, 0.3) is 0 Å². The number of thioether (sulfide) groups is 1. The van der Waals surface area contributed by atoms with E-state index in [0.717, 1.165) is 23.1 Å². The molecule has 2 aromatic rings. The Kier molecular flexibility index (Phi) is 5.04. The highest BCUT2D eigenvalue weighted by Gasteiger charge is 2.25. The van der Waals surface area contributed by atoms with Crippen LogP contribution in [0.15, 0.2) is 57.9 Å². The van der Waals surface area contributed by atoms with E-state index in [0.29, 0.717) is 11.8 Å². The molecule has 1 nitrogen and oxygen atoms in total. The van der Waals surface area contributed by atoms with Crippen molar-refractivity contribution in [3.8, 4) is 0 Å². The number of aliphatic hydroxyl groups excluding tert-OH is 1. The van der Waals surface area contributed by atoms with Crippen molar-refractivity contribution >= 4 is 27.7 Å². The summed E-state index contributed by atoms with van der Waals surface area (Å²) in [5.41, 5.74) is 2.76. The van der Waals surface area contributed by atoms with Crippen molar-refractivity contribution in [3.05, 3.63) is 64.1 Å². The van der Waals surface area contributed by atoms with Gasteiger partial charge in [-0.05, 0) is 54.0 Å². The molecule has 1 aliphatic heterocycles. The van der Waals surface area contributed by atoms with E-state index in [9.17, 15) is 5.11 Å². The molecule has 0 aromatic heterocycles. The van der Waals surface area contributed by atoms with E-state index in [4.69, 9.17) is 0 Å². The second-order valence-electron chi connectivity index (χ2n) is 5.66. The minimum absolute atomic E-state index is 0.260. The fraction of sp³-hybridized carbons (Fsp3) is 0.333. The first-order chi connectivity index (χ1) is 10.3. The predicted molar refractivity (Wildman–Crippen MR) is 92.9 cm³/mol. The first kappa shape index (κ1) is 15.1. The maximum atomic E-state index is 9.75. The molecule has 3 heteroatoms. The van der Waals surface area contributed by atoms with Crippen molar-refractivity contribution in [1.29, 1.82) is 0 Å². The topological polar surface area (TPSA) is 20.2 Å². The third-order valence-corrected chi connectivity index (χ3v) is 5.83. The van der Waals surface area contributed by atoms with Gasteiger partial charge in [-0.2, -0.15) is 0 Å². The predicted octanol–water partition coefficient (Wildman–Crippen LogP) is 4.88. The summed E-state index contributed by atoms with van der Waals surface area (Å²) < 4.78 is 1.11. The van der Waals surface area contributed by atoms with Gasteiger partial charge in [0, 0.05) is 21.7 Å². The maximum absolute atomic E-state index is 9.75. The van der Waals surface area contributed by atoms with E-state index in [1.807, 2.05) is 17.8 Å². The van der Waals surface area contributed by atoms with Crippen LogP contribution in [0, 0.1) is 5.92 Å². The Morgan fingerprint density at radius 3 is 2.86 bits per heavy atom. The lowest BCUT2D eigenvalue weighted by atomic mass is 9.87. The van der Waals surface area contributed by atoms with E-state index < -0.39 is 0 Å². The molecule has 0 fully saturated rings. The summed E-state index contributed by atoms with van der Waals surface area (Å²) in [5, 5.41) is 9.75. The number of hydrogen-bond donors (Lipinski definition) is 1. The lowest BCUT2D eigenvalue weighted by Crippen LogP contribution is -2.14. The lowest BCUT2D eigenvalue weighted by Gasteiger charge is -2.19. The highest BCUT2D eigenvalue weighted by atomic mass is 79.9. The second-order valence-corrected chi connectivity index (χ2v) is 7.64. The van der Waals surface area contributed by atoms with Crippen molar-refractivity contribution in [2.45, 2.75) is 23.7 Å². The van der Waals surface area contributed by atoms with Crippen molar-refractivity contribution in [3.63, 3.8) is 0 Å². The Labute approximate surface area is 138 Å². The Hall–Kier alpha value is -0.770. The lowest BCUT2D eigenvalue weighted by molar-refractivity contribution is 0.212. The van der Waals surface area contributed by atoms with E-state index in [1.54, 1.807) is 0 Å². The first-order valence-electron chi connectivity index (χ1n) is 7.33. The van der Waals surface area contributed by atoms with Crippen LogP contribution < -0.4 is 0 Å². The maximum Gasteiger partial charge on any atom is 0.0462 e. The van der Waals surface area contributed by atoms with Crippen LogP contribution in [0.3, 0.4) is 0 Å². The molecule has 3 rings (SSSR count). The Balaban J connectivity index is 1.68. The third kappa shape index (κ3) is 3.71. The smallest absolute Gasteiger partial charge is 0.0462 e. The van der Waals surface area contributed by atoms with Crippen LogP contribution in [0.25, 0.3) is 0 Å². The molecule has 2 unspecified atom stereocenters.